The maximum atomic E-state index is 6.15. The number of hydrogen-bond donors (Lipinski definition) is 1. The first-order valence-electron chi connectivity index (χ1n) is 8.09. The van der Waals surface area contributed by atoms with Crippen LogP contribution in [0.3, 0.4) is 0 Å². The first-order valence-corrected chi connectivity index (χ1v) is 8.09. The van der Waals surface area contributed by atoms with E-state index in [-0.39, 0.29) is 11.6 Å². The number of aromatic nitrogens is 2. The monoisotopic (exact) mass is 291 g/mol. The standard InChI is InChI=1S/C17H29N3O/c1-5-21-17(9-7-16(3,4)8-10-17)15-19-11-6-14(20-15)12-13(2)18/h6,11,13H,5,7-10,12,18H2,1-4H3. The summed E-state index contributed by atoms with van der Waals surface area (Å²) in [5, 5.41) is 0. The van der Waals surface area contributed by atoms with Gasteiger partial charge in [-0.2, -0.15) is 0 Å². The zero-order valence-electron chi connectivity index (χ0n) is 13.9. The van der Waals surface area contributed by atoms with Gasteiger partial charge in [-0.05, 0) is 51.0 Å². The van der Waals surface area contributed by atoms with Gasteiger partial charge in [-0.3, -0.25) is 0 Å². The number of ether oxygens (including phenoxy) is 1. The van der Waals surface area contributed by atoms with Crippen LogP contribution >= 0.6 is 0 Å². The van der Waals surface area contributed by atoms with E-state index in [1.807, 2.05) is 26.1 Å². The van der Waals surface area contributed by atoms with Gasteiger partial charge in [0.05, 0.1) is 0 Å². The Morgan fingerprint density at radius 1 is 1.29 bits per heavy atom. The van der Waals surface area contributed by atoms with Crippen LogP contribution in [-0.4, -0.2) is 22.6 Å². The molecular formula is C17H29N3O. The Morgan fingerprint density at radius 2 is 1.95 bits per heavy atom. The molecule has 0 spiro atoms. The molecule has 2 N–H and O–H groups in total. The largest absolute Gasteiger partial charge is 0.367 e. The Hall–Kier alpha value is -1.00. The Bertz CT molecular complexity index is 461. The normalized spacial score (nSPS) is 22.0. The summed E-state index contributed by atoms with van der Waals surface area (Å²) in [6.07, 6.45) is 6.91. The average Bonchev–Trinajstić information content (AvgIpc) is 2.41. The lowest BCUT2D eigenvalue weighted by molar-refractivity contribution is -0.0949. The smallest absolute Gasteiger partial charge is 0.160 e. The van der Waals surface area contributed by atoms with Crippen molar-refractivity contribution >= 4 is 0 Å². The van der Waals surface area contributed by atoms with Gasteiger partial charge in [0.2, 0.25) is 0 Å². The highest BCUT2D eigenvalue weighted by molar-refractivity contribution is 5.11. The van der Waals surface area contributed by atoms with Crippen molar-refractivity contribution in [2.24, 2.45) is 11.1 Å². The van der Waals surface area contributed by atoms with E-state index in [0.29, 0.717) is 12.0 Å². The van der Waals surface area contributed by atoms with Gasteiger partial charge in [0.1, 0.15) is 5.60 Å². The maximum Gasteiger partial charge on any atom is 0.160 e. The molecule has 21 heavy (non-hydrogen) atoms. The second-order valence-electron chi connectivity index (χ2n) is 7.14. The van der Waals surface area contributed by atoms with Crippen molar-refractivity contribution in [3.63, 3.8) is 0 Å². The first-order chi connectivity index (χ1) is 9.87. The predicted octanol–water partition coefficient (Wildman–Crippen LogP) is 3.20. The summed E-state index contributed by atoms with van der Waals surface area (Å²) in [6.45, 7) is 9.41. The molecule has 118 valence electrons. The van der Waals surface area contributed by atoms with Gasteiger partial charge in [-0.1, -0.05) is 13.8 Å². The van der Waals surface area contributed by atoms with Gasteiger partial charge >= 0.3 is 0 Å². The molecule has 0 aromatic carbocycles. The lowest BCUT2D eigenvalue weighted by Gasteiger charge is -2.42. The van der Waals surface area contributed by atoms with Crippen molar-refractivity contribution < 1.29 is 4.74 Å². The van der Waals surface area contributed by atoms with E-state index >= 15 is 0 Å². The van der Waals surface area contributed by atoms with Gasteiger partial charge in [-0.15, -0.1) is 0 Å². The molecular weight excluding hydrogens is 262 g/mol. The first kappa shape index (κ1) is 16.4. The number of nitrogens with two attached hydrogens (primary N) is 1. The van der Waals surface area contributed by atoms with Gasteiger partial charge in [0.15, 0.2) is 5.82 Å². The van der Waals surface area contributed by atoms with Crippen LogP contribution in [0.2, 0.25) is 0 Å². The Morgan fingerprint density at radius 3 is 2.52 bits per heavy atom. The molecule has 0 amide bonds. The van der Waals surface area contributed by atoms with Crippen molar-refractivity contribution in [3.05, 3.63) is 23.8 Å². The summed E-state index contributed by atoms with van der Waals surface area (Å²) < 4.78 is 6.15. The molecule has 1 unspecified atom stereocenters. The van der Waals surface area contributed by atoms with Crippen molar-refractivity contribution in [2.45, 2.75) is 71.4 Å². The van der Waals surface area contributed by atoms with Crippen LogP contribution in [0.15, 0.2) is 12.3 Å². The third-order valence-electron chi connectivity index (χ3n) is 4.48. The molecule has 4 heteroatoms. The second-order valence-corrected chi connectivity index (χ2v) is 7.14. The Labute approximate surface area is 128 Å². The highest BCUT2D eigenvalue weighted by atomic mass is 16.5. The van der Waals surface area contributed by atoms with Gasteiger partial charge in [0, 0.05) is 31.0 Å². The third-order valence-corrected chi connectivity index (χ3v) is 4.48. The maximum absolute atomic E-state index is 6.15. The van der Waals surface area contributed by atoms with Crippen LogP contribution in [0.5, 0.6) is 0 Å². The van der Waals surface area contributed by atoms with Crippen LogP contribution in [-0.2, 0) is 16.8 Å². The van der Waals surface area contributed by atoms with Gasteiger partial charge < -0.3 is 10.5 Å². The molecule has 1 aromatic rings. The summed E-state index contributed by atoms with van der Waals surface area (Å²) >= 11 is 0. The van der Waals surface area contributed by atoms with Crippen molar-refractivity contribution in [3.8, 4) is 0 Å². The average molecular weight is 291 g/mol. The molecule has 0 bridgehead atoms. The van der Waals surface area contributed by atoms with E-state index in [9.17, 15) is 0 Å². The summed E-state index contributed by atoms with van der Waals surface area (Å²) in [4.78, 5) is 9.29. The SMILES string of the molecule is CCOC1(c2nccc(CC(C)N)n2)CCC(C)(C)CC1. The quantitative estimate of drug-likeness (QED) is 0.905. The van der Waals surface area contributed by atoms with Crippen molar-refractivity contribution in [1.29, 1.82) is 0 Å². The molecule has 1 heterocycles. The van der Waals surface area contributed by atoms with Crippen molar-refractivity contribution in [2.75, 3.05) is 6.61 Å². The van der Waals surface area contributed by atoms with Crippen LogP contribution < -0.4 is 5.73 Å². The molecule has 1 atom stereocenters. The summed E-state index contributed by atoms with van der Waals surface area (Å²) in [6, 6.07) is 2.07. The highest BCUT2D eigenvalue weighted by Gasteiger charge is 2.42. The molecule has 4 nitrogen and oxygen atoms in total. The zero-order valence-corrected chi connectivity index (χ0v) is 13.9. The molecule has 2 rings (SSSR count). The van der Waals surface area contributed by atoms with E-state index < -0.39 is 0 Å². The summed E-state index contributed by atoms with van der Waals surface area (Å²) in [5.74, 6) is 0.845. The van der Waals surface area contributed by atoms with E-state index in [0.717, 1.165) is 43.6 Å². The van der Waals surface area contributed by atoms with Gasteiger partial charge in [0.25, 0.3) is 0 Å². The fourth-order valence-electron chi connectivity index (χ4n) is 3.10. The topological polar surface area (TPSA) is 61.0 Å². The van der Waals surface area contributed by atoms with Crippen LogP contribution in [0, 0.1) is 5.41 Å². The molecule has 0 aliphatic heterocycles. The Kier molecular flexibility index (Phi) is 4.99. The zero-order chi connectivity index (χ0) is 15.5. The minimum Gasteiger partial charge on any atom is -0.367 e. The lowest BCUT2D eigenvalue weighted by Crippen LogP contribution is -2.39. The molecule has 0 saturated heterocycles. The predicted molar refractivity (Wildman–Crippen MR) is 84.9 cm³/mol. The third kappa shape index (κ3) is 4.01. The van der Waals surface area contributed by atoms with Crippen molar-refractivity contribution in [1.82, 2.24) is 9.97 Å². The molecule has 1 aliphatic rings. The fourth-order valence-corrected chi connectivity index (χ4v) is 3.10. The number of hydrogen-bond acceptors (Lipinski definition) is 4. The minimum atomic E-state index is -0.307. The molecule has 1 aliphatic carbocycles. The molecule has 0 radical (unpaired) electrons. The molecule has 1 saturated carbocycles. The highest BCUT2D eigenvalue weighted by Crippen LogP contribution is 2.46. The van der Waals surface area contributed by atoms with Crippen LogP contribution in [0.1, 0.15) is 64.9 Å². The number of nitrogens with zero attached hydrogens (tertiary/aromatic N) is 2. The second kappa shape index (κ2) is 6.41. The van der Waals surface area contributed by atoms with Crippen LogP contribution in [0.25, 0.3) is 0 Å². The van der Waals surface area contributed by atoms with E-state index in [1.54, 1.807) is 0 Å². The van der Waals surface area contributed by atoms with E-state index in [2.05, 4.69) is 18.8 Å². The van der Waals surface area contributed by atoms with Gasteiger partial charge in [-0.25, -0.2) is 9.97 Å². The fraction of sp³-hybridized carbons (Fsp3) is 0.765. The number of rotatable bonds is 5. The van der Waals surface area contributed by atoms with E-state index in [1.165, 1.54) is 0 Å². The molecule has 1 aromatic heterocycles. The molecule has 1 fully saturated rings. The minimum absolute atomic E-state index is 0.112. The lowest BCUT2D eigenvalue weighted by atomic mass is 9.70. The van der Waals surface area contributed by atoms with Crippen LogP contribution in [0.4, 0.5) is 0 Å². The van der Waals surface area contributed by atoms with E-state index in [4.69, 9.17) is 15.5 Å². The summed E-state index contributed by atoms with van der Waals surface area (Å²) in [5.41, 5.74) is 6.99. The Balaban J connectivity index is 2.26. The summed E-state index contributed by atoms with van der Waals surface area (Å²) in [7, 11) is 0.